The summed E-state index contributed by atoms with van der Waals surface area (Å²) in [4.78, 5) is 9.88. The van der Waals surface area contributed by atoms with Gasteiger partial charge in [0.1, 0.15) is 0 Å². The molecule has 0 atom stereocenters. The number of hydrogen-bond donors (Lipinski definition) is 1. The zero-order chi connectivity index (χ0) is 8.10. The van der Waals surface area contributed by atoms with Gasteiger partial charge in [0, 0.05) is 0 Å². The van der Waals surface area contributed by atoms with E-state index in [1.807, 2.05) is 31.2 Å². The summed E-state index contributed by atoms with van der Waals surface area (Å²) >= 11 is 0. The Bertz CT molecular complexity index is 248. The molecule has 0 bridgehead atoms. The minimum atomic E-state index is 0.796. The number of anilines is 1. The van der Waals surface area contributed by atoms with E-state index in [4.69, 9.17) is 0 Å². The van der Waals surface area contributed by atoms with Crippen LogP contribution in [0.5, 0.6) is 0 Å². The van der Waals surface area contributed by atoms with Crippen molar-refractivity contribution in [2.45, 2.75) is 13.3 Å². The molecule has 0 saturated carbocycles. The van der Waals surface area contributed by atoms with Crippen molar-refractivity contribution in [1.29, 1.82) is 0 Å². The molecule has 3 nitrogen and oxygen atoms in total. The molecule has 0 unspecified atom stereocenters. The minimum absolute atomic E-state index is 0.796. The third-order valence-electron chi connectivity index (χ3n) is 1.56. The Hall–Kier alpha value is -1.38. The fourth-order valence-electron chi connectivity index (χ4n) is 0.987. The second-order valence-corrected chi connectivity index (χ2v) is 2.21. The Morgan fingerprint density at radius 1 is 1.45 bits per heavy atom. The third kappa shape index (κ3) is 1.77. The van der Waals surface area contributed by atoms with Crippen molar-refractivity contribution in [1.82, 2.24) is 0 Å². The number of hydrogen-bond acceptors (Lipinski definition) is 2. The molecule has 0 fully saturated rings. The smallest absolute Gasteiger partial charge is 0.0625 e. The maximum Gasteiger partial charge on any atom is 0.0625 e. The van der Waals surface area contributed by atoms with E-state index >= 15 is 0 Å². The molecular formula is C8H10N2O. The fraction of sp³-hybridized carbons (Fsp3) is 0.250. The van der Waals surface area contributed by atoms with E-state index in [0.717, 1.165) is 17.7 Å². The van der Waals surface area contributed by atoms with Gasteiger partial charge in [-0.15, -0.1) is 4.91 Å². The van der Waals surface area contributed by atoms with Gasteiger partial charge in [-0.25, -0.2) is 5.43 Å². The van der Waals surface area contributed by atoms with E-state index in [2.05, 4.69) is 10.7 Å². The highest BCUT2D eigenvalue weighted by atomic mass is 16.3. The molecule has 3 heteroatoms. The molecule has 58 valence electrons. The molecule has 0 saturated heterocycles. The van der Waals surface area contributed by atoms with E-state index in [1.54, 1.807) is 0 Å². The Morgan fingerprint density at radius 3 is 2.82 bits per heavy atom. The van der Waals surface area contributed by atoms with Gasteiger partial charge in [0.15, 0.2) is 0 Å². The maximum absolute atomic E-state index is 9.88. The molecule has 11 heavy (non-hydrogen) atoms. The number of nitroso groups, excluding NO2 is 1. The lowest BCUT2D eigenvalue weighted by atomic mass is 10.1. The summed E-state index contributed by atoms with van der Waals surface area (Å²) in [5.74, 6) is 0. The summed E-state index contributed by atoms with van der Waals surface area (Å²) in [6.07, 6.45) is 0.901. The van der Waals surface area contributed by atoms with Crippen molar-refractivity contribution in [3.05, 3.63) is 34.7 Å². The molecule has 0 aliphatic heterocycles. The molecule has 0 amide bonds. The number of benzene rings is 1. The van der Waals surface area contributed by atoms with Gasteiger partial charge in [-0.1, -0.05) is 25.1 Å². The van der Waals surface area contributed by atoms with Crippen molar-refractivity contribution in [2.75, 3.05) is 5.43 Å². The molecule has 0 radical (unpaired) electrons. The van der Waals surface area contributed by atoms with Gasteiger partial charge in [0.05, 0.1) is 11.0 Å². The molecule has 0 aromatic heterocycles. The SMILES string of the molecule is CCc1ccccc1NN=O. The van der Waals surface area contributed by atoms with Crippen molar-refractivity contribution in [2.24, 2.45) is 5.29 Å². The van der Waals surface area contributed by atoms with Crippen LogP contribution in [-0.4, -0.2) is 0 Å². The van der Waals surface area contributed by atoms with Gasteiger partial charge in [0.2, 0.25) is 0 Å². The third-order valence-corrected chi connectivity index (χ3v) is 1.56. The van der Waals surface area contributed by atoms with Crippen molar-refractivity contribution < 1.29 is 0 Å². The summed E-state index contributed by atoms with van der Waals surface area (Å²) in [5.41, 5.74) is 4.30. The summed E-state index contributed by atoms with van der Waals surface area (Å²) in [6, 6.07) is 7.61. The van der Waals surface area contributed by atoms with E-state index in [-0.39, 0.29) is 0 Å². The lowest BCUT2D eigenvalue weighted by Gasteiger charge is -2.02. The number of aryl methyl sites for hydroxylation is 1. The lowest BCUT2D eigenvalue weighted by molar-refractivity contribution is 1.13. The summed E-state index contributed by atoms with van der Waals surface area (Å²) in [5, 5.41) is 2.61. The van der Waals surface area contributed by atoms with Gasteiger partial charge in [-0.2, -0.15) is 0 Å². The van der Waals surface area contributed by atoms with Crippen molar-refractivity contribution >= 4 is 5.69 Å². The second-order valence-electron chi connectivity index (χ2n) is 2.21. The first-order valence-electron chi connectivity index (χ1n) is 3.54. The zero-order valence-corrected chi connectivity index (χ0v) is 6.37. The molecule has 0 heterocycles. The average molecular weight is 150 g/mol. The maximum atomic E-state index is 9.88. The molecule has 0 aliphatic rings. The Morgan fingerprint density at radius 2 is 2.18 bits per heavy atom. The molecule has 1 rings (SSSR count). The Labute approximate surface area is 65.4 Å². The normalized spacial score (nSPS) is 9.18. The molecular weight excluding hydrogens is 140 g/mol. The van der Waals surface area contributed by atoms with Gasteiger partial charge in [0.25, 0.3) is 0 Å². The molecule has 1 N–H and O–H groups in total. The second kappa shape index (κ2) is 3.71. The van der Waals surface area contributed by atoms with E-state index in [9.17, 15) is 4.91 Å². The Kier molecular flexibility index (Phi) is 2.60. The Balaban J connectivity index is 2.92. The predicted octanol–water partition coefficient (Wildman–Crippen LogP) is 2.34. The summed E-state index contributed by atoms with van der Waals surface area (Å²) in [7, 11) is 0. The van der Waals surface area contributed by atoms with Crippen LogP contribution in [0.3, 0.4) is 0 Å². The quantitative estimate of drug-likeness (QED) is 0.530. The van der Waals surface area contributed by atoms with E-state index in [0.29, 0.717) is 0 Å². The van der Waals surface area contributed by atoms with E-state index in [1.165, 1.54) is 0 Å². The van der Waals surface area contributed by atoms with Gasteiger partial charge in [-0.05, 0) is 18.1 Å². The van der Waals surface area contributed by atoms with Crippen LogP contribution >= 0.6 is 0 Å². The number of rotatable bonds is 3. The van der Waals surface area contributed by atoms with Crippen LogP contribution in [-0.2, 0) is 6.42 Å². The lowest BCUT2D eigenvalue weighted by Crippen LogP contribution is -1.91. The first-order chi connectivity index (χ1) is 5.38. The summed E-state index contributed by atoms with van der Waals surface area (Å²) in [6.45, 7) is 2.03. The topological polar surface area (TPSA) is 41.5 Å². The average Bonchev–Trinajstić information content (AvgIpc) is 2.06. The number of nitrogens with zero attached hydrogens (tertiary/aromatic N) is 1. The number of nitrogens with one attached hydrogen (secondary N) is 1. The van der Waals surface area contributed by atoms with Gasteiger partial charge >= 0.3 is 0 Å². The van der Waals surface area contributed by atoms with Crippen molar-refractivity contribution in [3.63, 3.8) is 0 Å². The fourth-order valence-corrected chi connectivity index (χ4v) is 0.987. The predicted molar refractivity (Wildman–Crippen MR) is 45.2 cm³/mol. The minimum Gasteiger partial charge on any atom is -0.242 e. The molecule has 1 aromatic carbocycles. The zero-order valence-electron chi connectivity index (χ0n) is 6.37. The van der Waals surface area contributed by atoms with Crippen LogP contribution in [0.25, 0.3) is 0 Å². The standard InChI is InChI=1S/C8H10N2O/c1-2-7-5-3-4-6-8(7)9-10-11/h3-6H,2H2,1H3,(H,9,11). The molecule has 1 aromatic rings. The first kappa shape index (κ1) is 7.72. The largest absolute Gasteiger partial charge is 0.242 e. The van der Waals surface area contributed by atoms with Crippen LogP contribution in [0.1, 0.15) is 12.5 Å². The van der Waals surface area contributed by atoms with Gasteiger partial charge in [-0.3, -0.25) is 0 Å². The highest BCUT2D eigenvalue weighted by molar-refractivity contribution is 5.50. The number of para-hydroxylation sites is 1. The summed E-state index contributed by atoms with van der Waals surface area (Å²) < 4.78 is 0. The van der Waals surface area contributed by atoms with Crippen LogP contribution in [0.15, 0.2) is 29.6 Å². The molecule has 0 spiro atoms. The van der Waals surface area contributed by atoms with Crippen molar-refractivity contribution in [3.8, 4) is 0 Å². The van der Waals surface area contributed by atoms with Crippen LogP contribution < -0.4 is 5.43 Å². The van der Waals surface area contributed by atoms with Crippen LogP contribution in [0.4, 0.5) is 5.69 Å². The first-order valence-corrected chi connectivity index (χ1v) is 3.54. The van der Waals surface area contributed by atoms with Crippen LogP contribution in [0.2, 0.25) is 0 Å². The van der Waals surface area contributed by atoms with Crippen LogP contribution in [0, 0.1) is 4.91 Å². The highest BCUT2D eigenvalue weighted by Gasteiger charge is 1.96. The molecule has 0 aliphatic carbocycles. The van der Waals surface area contributed by atoms with Gasteiger partial charge < -0.3 is 0 Å². The monoisotopic (exact) mass is 150 g/mol. The highest BCUT2D eigenvalue weighted by Crippen LogP contribution is 2.14. The van der Waals surface area contributed by atoms with E-state index < -0.39 is 0 Å².